The zero-order valence-corrected chi connectivity index (χ0v) is 15.2. The molecule has 0 bridgehead atoms. The van der Waals surface area contributed by atoms with Crippen LogP contribution in [0.5, 0.6) is 5.75 Å². The van der Waals surface area contributed by atoms with Crippen molar-refractivity contribution >= 4 is 5.91 Å². The maximum atomic E-state index is 12.6. The van der Waals surface area contributed by atoms with Crippen molar-refractivity contribution in [2.24, 2.45) is 0 Å². The number of carbonyl (C=O) groups is 1. The summed E-state index contributed by atoms with van der Waals surface area (Å²) in [4.78, 5) is 12.6. The molecule has 1 amide bonds. The average Bonchev–Trinajstić information content (AvgIpc) is 3.20. The Hall–Kier alpha value is -3.01. The number of benzene rings is 2. The summed E-state index contributed by atoms with van der Waals surface area (Å²) in [6, 6.07) is 19.9. The first-order valence-corrected chi connectivity index (χ1v) is 9.41. The molecule has 0 aliphatic heterocycles. The van der Waals surface area contributed by atoms with Crippen LogP contribution in [0.25, 0.3) is 0 Å². The van der Waals surface area contributed by atoms with E-state index < -0.39 is 0 Å². The average molecular weight is 361 g/mol. The third-order valence-electron chi connectivity index (χ3n) is 5.09. The zero-order valence-electron chi connectivity index (χ0n) is 15.2. The van der Waals surface area contributed by atoms with Crippen molar-refractivity contribution < 1.29 is 13.9 Å². The molecule has 0 saturated carbocycles. The van der Waals surface area contributed by atoms with Crippen molar-refractivity contribution in [1.82, 2.24) is 5.32 Å². The van der Waals surface area contributed by atoms with Crippen LogP contribution in [0, 0.1) is 0 Å². The maximum Gasteiger partial charge on any atom is 0.287 e. The van der Waals surface area contributed by atoms with Gasteiger partial charge in [-0.15, -0.1) is 0 Å². The van der Waals surface area contributed by atoms with Gasteiger partial charge in [-0.05, 0) is 48.6 Å². The minimum Gasteiger partial charge on any atom is -0.489 e. The second-order valence-corrected chi connectivity index (χ2v) is 6.87. The number of hydrogen-bond acceptors (Lipinski definition) is 3. The van der Waals surface area contributed by atoms with Gasteiger partial charge in [0.25, 0.3) is 5.91 Å². The minimum absolute atomic E-state index is 0.185. The summed E-state index contributed by atoms with van der Waals surface area (Å²) in [5.74, 6) is 1.27. The van der Waals surface area contributed by atoms with Gasteiger partial charge in [-0.1, -0.05) is 42.5 Å². The third-order valence-corrected chi connectivity index (χ3v) is 5.09. The Kier molecular flexibility index (Phi) is 5.24. The van der Waals surface area contributed by atoms with E-state index in [1.54, 1.807) is 6.07 Å². The monoisotopic (exact) mass is 361 g/mol. The molecule has 0 fully saturated rings. The Morgan fingerprint density at radius 3 is 2.78 bits per heavy atom. The van der Waals surface area contributed by atoms with Crippen LogP contribution >= 0.6 is 0 Å². The van der Waals surface area contributed by atoms with E-state index >= 15 is 0 Å². The summed E-state index contributed by atoms with van der Waals surface area (Å²) in [5.41, 5.74) is 3.51. The van der Waals surface area contributed by atoms with E-state index in [0.717, 1.165) is 30.6 Å². The Labute approximate surface area is 159 Å². The van der Waals surface area contributed by atoms with Gasteiger partial charge in [-0.3, -0.25) is 4.79 Å². The van der Waals surface area contributed by atoms with Crippen LogP contribution in [-0.4, -0.2) is 12.5 Å². The standard InChI is InChI=1S/C23H23NO3/c25-23(24-15-18-9-6-8-17-7-4-5-12-21(17)18)22-19(13-14-26-22)16-27-20-10-2-1-3-11-20/h1-5,7,10-14,18H,6,8-9,15-16H2,(H,24,25). The molecule has 4 rings (SSSR count). The van der Waals surface area contributed by atoms with E-state index in [4.69, 9.17) is 9.15 Å². The van der Waals surface area contributed by atoms with Crippen molar-refractivity contribution in [2.45, 2.75) is 31.8 Å². The SMILES string of the molecule is O=C(NCC1CCCc2ccccc21)c1occc1COc1ccccc1. The highest BCUT2D eigenvalue weighted by Crippen LogP contribution is 2.30. The number of para-hydroxylation sites is 1. The molecular weight excluding hydrogens is 338 g/mol. The Morgan fingerprint density at radius 1 is 1.07 bits per heavy atom. The van der Waals surface area contributed by atoms with Crippen molar-refractivity contribution in [3.8, 4) is 5.75 Å². The summed E-state index contributed by atoms with van der Waals surface area (Å²) < 4.78 is 11.2. The normalized spacial score (nSPS) is 15.8. The Bertz CT molecular complexity index is 901. The highest BCUT2D eigenvalue weighted by molar-refractivity contribution is 5.92. The summed E-state index contributed by atoms with van der Waals surface area (Å²) in [6.45, 7) is 0.922. The fourth-order valence-corrected chi connectivity index (χ4v) is 3.69. The first-order valence-electron chi connectivity index (χ1n) is 9.41. The Morgan fingerprint density at radius 2 is 1.89 bits per heavy atom. The van der Waals surface area contributed by atoms with Gasteiger partial charge in [0, 0.05) is 18.0 Å². The number of amides is 1. The molecule has 1 atom stereocenters. The van der Waals surface area contributed by atoms with Gasteiger partial charge >= 0.3 is 0 Å². The largest absolute Gasteiger partial charge is 0.489 e. The van der Waals surface area contributed by atoms with Crippen LogP contribution in [-0.2, 0) is 13.0 Å². The highest BCUT2D eigenvalue weighted by Gasteiger charge is 2.22. The van der Waals surface area contributed by atoms with E-state index in [0.29, 0.717) is 24.8 Å². The van der Waals surface area contributed by atoms with E-state index in [1.165, 1.54) is 17.4 Å². The lowest BCUT2D eigenvalue weighted by molar-refractivity contribution is 0.0919. The molecule has 1 heterocycles. The summed E-state index contributed by atoms with van der Waals surface area (Å²) in [6.07, 6.45) is 4.92. The molecule has 1 aliphatic carbocycles. The maximum absolute atomic E-state index is 12.6. The number of hydrogen-bond donors (Lipinski definition) is 1. The van der Waals surface area contributed by atoms with E-state index in [9.17, 15) is 4.79 Å². The molecule has 2 aromatic carbocycles. The molecule has 0 saturated heterocycles. The predicted octanol–water partition coefficient (Wildman–Crippen LogP) is 4.71. The molecule has 0 spiro atoms. The first-order chi connectivity index (χ1) is 13.3. The molecular formula is C23H23NO3. The van der Waals surface area contributed by atoms with Crippen molar-refractivity contribution in [3.63, 3.8) is 0 Å². The van der Waals surface area contributed by atoms with Crippen LogP contribution in [0.2, 0.25) is 0 Å². The molecule has 27 heavy (non-hydrogen) atoms. The van der Waals surface area contributed by atoms with Gasteiger partial charge in [-0.2, -0.15) is 0 Å². The smallest absolute Gasteiger partial charge is 0.287 e. The first kappa shape index (κ1) is 17.4. The second kappa shape index (κ2) is 8.12. The highest BCUT2D eigenvalue weighted by atomic mass is 16.5. The number of aryl methyl sites for hydroxylation is 1. The zero-order chi connectivity index (χ0) is 18.5. The minimum atomic E-state index is -0.185. The van der Waals surface area contributed by atoms with Gasteiger partial charge in [0.15, 0.2) is 5.76 Å². The van der Waals surface area contributed by atoms with Crippen molar-refractivity contribution in [2.75, 3.05) is 6.54 Å². The molecule has 138 valence electrons. The fourth-order valence-electron chi connectivity index (χ4n) is 3.69. The van der Waals surface area contributed by atoms with Gasteiger partial charge in [0.2, 0.25) is 0 Å². The number of carbonyl (C=O) groups excluding carboxylic acids is 1. The molecule has 0 radical (unpaired) electrons. The summed E-state index contributed by atoms with van der Waals surface area (Å²) >= 11 is 0. The molecule has 1 aromatic heterocycles. The van der Waals surface area contributed by atoms with Crippen molar-refractivity contribution in [1.29, 1.82) is 0 Å². The molecule has 4 nitrogen and oxygen atoms in total. The van der Waals surface area contributed by atoms with Crippen LogP contribution in [0.15, 0.2) is 71.3 Å². The van der Waals surface area contributed by atoms with E-state index in [-0.39, 0.29) is 5.91 Å². The van der Waals surface area contributed by atoms with E-state index in [2.05, 4.69) is 29.6 Å². The number of nitrogens with one attached hydrogen (secondary N) is 1. The van der Waals surface area contributed by atoms with Gasteiger partial charge in [-0.25, -0.2) is 0 Å². The number of furan rings is 1. The third kappa shape index (κ3) is 4.05. The number of rotatable bonds is 6. The molecule has 4 heteroatoms. The second-order valence-electron chi connectivity index (χ2n) is 6.87. The number of ether oxygens (including phenoxy) is 1. The molecule has 1 aliphatic rings. The summed E-state index contributed by atoms with van der Waals surface area (Å²) in [7, 11) is 0. The summed E-state index contributed by atoms with van der Waals surface area (Å²) in [5, 5.41) is 3.05. The van der Waals surface area contributed by atoms with Gasteiger partial charge in [0.1, 0.15) is 12.4 Å². The predicted molar refractivity (Wildman–Crippen MR) is 104 cm³/mol. The lowest BCUT2D eigenvalue weighted by atomic mass is 9.83. The lowest BCUT2D eigenvalue weighted by Crippen LogP contribution is -2.30. The van der Waals surface area contributed by atoms with Gasteiger partial charge < -0.3 is 14.5 Å². The van der Waals surface area contributed by atoms with Crippen molar-refractivity contribution in [3.05, 3.63) is 89.4 Å². The quantitative estimate of drug-likeness (QED) is 0.692. The fraction of sp³-hybridized carbons (Fsp3) is 0.261. The molecule has 1 unspecified atom stereocenters. The lowest BCUT2D eigenvalue weighted by Gasteiger charge is -2.25. The van der Waals surface area contributed by atoms with Crippen LogP contribution in [0.1, 0.15) is 46.0 Å². The topological polar surface area (TPSA) is 51.5 Å². The van der Waals surface area contributed by atoms with E-state index in [1.807, 2.05) is 30.3 Å². The Balaban J connectivity index is 1.38. The molecule has 3 aromatic rings. The van der Waals surface area contributed by atoms with Crippen LogP contribution in [0.3, 0.4) is 0 Å². The van der Waals surface area contributed by atoms with Crippen LogP contribution < -0.4 is 10.1 Å². The van der Waals surface area contributed by atoms with Crippen LogP contribution in [0.4, 0.5) is 0 Å². The molecule has 1 N–H and O–H groups in total. The van der Waals surface area contributed by atoms with Gasteiger partial charge in [0.05, 0.1) is 6.26 Å². The number of fused-ring (bicyclic) bond motifs is 1.